The lowest BCUT2D eigenvalue weighted by Crippen LogP contribution is -2.13. The number of halogens is 1. The summed E-state index contributed by atoms with van der Waals surface area (Å²) in [5.41, 5.74) is 0.0538. The molecule has 20 heavy (non-hydrogen) atoms. The van der Waals surface area contributed by atoms with Gasteiger partial charge in [-0.15, -0.1) is 0 Å². The second-order valence-electron chi connectivity index (χ2n) is 3.98. The van der Waals surface area contributed by atoms with Crippen LogP contribution in [-0.2, 0) is 17.1 Å². The Bertz CT molecular complexity index is 770. The number of nitrogens with one attached hydrogen (secondary N) is 1. The van der Waals surface area contributed by atoms with Crippen molar-refractivity contribution in [3.05, 3.63) is 41.3 Å². The molecule has 0 saturated heterocycles. The lowest BCUT2D eigenvalue weighted by molar-refractivity contribution is 0.0697. The van der Waals surface area contributed by atoms with E-state index in [0.717, 1.165) is 0 Å². The number of imidazole rings is 1. The number of benzene rings is 1. The number of carboxylic acid groups (broad SMARTS) is 1. The van der Waals surface area contributed by atoms with Gasteiger partial charge in [-0.1, -0.05) is 11.6 Å². The fourth-order valence-corrected chi connectivity index (χ4v) is 2.78. The van der Waals surface area contributed by atoms with E-state index < -0.39 is 16.0 Å². The maximum Gasteiger partial charge on any atom is 0.337 e. The minimum absolute atomic E-state index is 0.0567. The Balaban J connectivity index is 2.30. The van der Waals surface area contributed by atoms with E-state index in [1.54, 1.807) is 7.05 Å². The largest absolute Gasteiger partial charge is 0.478 e. The summed E-state index contributed by atoms with van der Waals surface area (Å²) < 4.78 is 27.8. The van der Waals surface area contributed by atoms with Gasteiger partial charge in [-0.05, 0) is 18.2 Å². The van der Waals surface area contributed by atoms with Crippen LogP contribution in [0.15, 0.2) is 35.7 Å². The Morgan fingerprint density at radius 2 is 2.15 bits per heavy atom. The number of aromatic nitrogens is 2. The first-order valence-corrected chi connectivity index (χ1v) is 7.19. The zero-order valence-corrected chi connectivity index (χ0v) is 11.8. The van der Waals surface area contributed by atoms with Crippen molar-refractivity contribution in [2.75, 3.05) is 4.72 Å². The first kappa shape index (κ1) is 14.4. The van der Waals surface area contributed by atoms with Crippen LogP contribution in [0.1, 0.15) is 10.4 Å². The van der Waals surface area contributed by atoms with Gasteiger partial charge in [0.15, 0.2) is 5.03 Å². The van der Waals surface area contributed by atoms with Crippen LogP contribution in [0.2, 0.25) is 5.02 Å². The van der Waals surface area contributed by atoms with Crippen molar-refractivity contribution in [3.63, 3.8) is 0 Å². The number of nitrogens with zero attached hydrogens (tertiary/aromatic N) is 2. The van der Waals surface area contributed by atoms with Gasteiger partial charge in [0, 0.05) is 13.2 Å². The highest BCUT2D eigenvalue weighted by Crippen LogP contribution is 2.22. The second-order valence-corrected chi connectivity index (χ2v) is 6.02. The van der Waals surface area contributed by atoms with E-state index >= 15 is 0 Å². The van der Waals surface area contributed by atoms with Crippen molar-refractivity contribution in [3.8, 4) is 0 Å². The molecule has 106 valence electrons. The first-order valence-electron chi connectivity index (χ1n) is 5.33. The highest BCUT2D eigenvalue weighted by atomic mass is 35.5. The lowest BCUT2D eigenvalue weighted by Gasteiger charge is -2.07. The molecular formula is C11H10ClN3O4S. The Labute approximate surface area is 119 Å². The molecule has 2 aromatic rings. The normalized spacial score (nSPS) is 11.3. The molecule has 7 nitrogen and oxygen atoms in total. The monoisotopic (exact) mass is 315 g/mol. The smallest absolute Gasteiger partial charge is 0.337 e. The fraction of sp³-hybridized carbons (Fsp3) is 0.0909. The zero-order chi connectivity index (χ0) is 14.9. The van der Waals surface area contributed by atoms with Gasteiger partial charge in [0.2, 0.25) is 0 Å². The summed E-state index contributed by atoms with van der Waals surface area (Å²) in [7, 11) is -2.19. The fourth-order valence-electron chi connectivity index (χ4n) is 1.49. The van der Waals surface area contributed by atoms with Crippen LogP contribution >= 0.6 is 11.6 Å². The third-order valence-corrected chi connectivity index (χ3v) is 3.99. The summed E-state index contributed by atoms with van der Waals surface area (Å²) in [6.07, 6.45) is 2.70. The molecule has 0 fully saturated rings. The molecule has 0 saturated carbocycles. The van der Waals surface area contributed by atoms with Gasteiger partial charge in [0.05, 0.1) is 22.6 Å². The molecule has 0 unspecified atom stereocenters. The average Bonchev–Trinajstić information content (AvgIpc) is 2.75. The number of hydrogen-bond acceptors (Lipinski definition) is 4. The van der Waals surface area contributed by atoms with E-state index in [4.69, 9.17) is 16.7 Å². The van der Waals surface area contributed by atoms with Crippen LogP contribution in [0.4, 0.5) is 5.69 Å². The standard InChI is InChI=1S/C11H10ClN3O4S/c1-15-5-10(13-6-15)20(18,19)14-7-2-3-8(11(16)17)9(12)4-7/h2-6,14H,1H3,(H,16,17). The molecule has 0 aliphatic rings. The molecule has 1 heterocycles. The Morgan fingerprint density at radius 1 is 1.45 bits per heavy atom. The van der Waals surface area contributed by atoms with Gasteiger partial charge in [0.1, 0.15) is 0 Å². The van der Waals surface area contributed by atoms with Crippen molar-refractivity contribution < 1.29 is 18.3 Å². The first-order chi connectivity index (χ1) is 9.29. The summed E-state index contributed by atoms with van der Waals surface area (Å²) in [4.78, 5) is 14.5. The van der Waals surface area contributed by atoms with Gasteiger partial charge in [-0.25, -0.2) is 9.78 Å². The molecule has 0 aliphatic carbocycles. The van der Waals surface area contributed by atoms with Crippen molar-refractivity contribution in [1.29, 1.82) is 0 Å². The summed E-state index contributed by atoms with van der Waals surface area (Å²) >= 11 is 5.77. The van der Waals surface area contributed by atoms with E-state index in [-0.39, 0.29) is 21.3 Å². The number of sulfonamides is 1. The van der Waals surface area contributed by atoms with Crippen molar-refractivity contribution in [2.45, 2.75) is 5.03 Å². The quantitative estimate of drug-likeness (QED) is 0.891. The lowest BCUT2D eigenvalue weighted by atomic mass is 10.2. The molecule has 2 N–H and O–H groups in total. The summed E-state index contributed by atoms with van der Waals surface area (Å²) in [5.74, 6) is -1.19. The molecule has 0 radical (unpaired) electrons. The van der Waals surface area contributed by atoms with Gasteiger partial charge in [-0.2, -0.15) is 8.42 Å². The predicted octanol–water partition coefficient (Wildman–Crippen LogP) is 1.57. The number of carboxylic acids is 1. The van der Waals surface area contributed by atoms with E-state index in [0.29, 0.717) is 0 Å². The van der Waals surface area contributed by atoms with Crippen LogP contribution < -0.4 is 4.72 Å². The second kappa shape index (κ2) is 5.14. The molecular weight excluding hydrogens is 306 g/mol. The van der Waals surface area contributed by atoms with Crippen LogP contribution in [0.25, 0.3) is 0 Å². The summed E-state index contributed by atoms with van der Waals surface area (Å²) in [6.45, 7) is 0. The average molecular weight is 316 g/mol. The molecule has 0 amide bonds. The van der Waals surface area contributed by atoms with E-state index in [1.165, 1.54) is 35.3 Å². The zero-order valence-electron chi connectivity index (χ0n) is 10.2. The predicted molar refractivity (Wildman–Crippen MR) is 72.4 cm³/mol. The van der Waals surface area contributed by atoms with Gasteiger partial charge < -0.3 is 9.67 Å². The number of rotatable bonds is 4. The van der Waals surface area contributed by atoms with Crippen molar-refractivity contribution >= 4 is 33.3 Å². The number of aromatic carboxylic acids is 1. The molecule has 2 rings (SSSR count). The molecule has 0 atom stereocenters. The highest BCUT2D eigenvalue weighted by molar-refractivity contribution is 7.92. The van der Waals surface area contributed by atoms with Crippen LogP contribution in [0, 0.1) is 0 Å². The number of carbonyl (C=O) groups is 1. The minimum Gasteiger partial charge on any atom is -0.478 e. The van der Waals surface area contributed by atoms with Gasteiger partial charge in [-0.3, -0.25) is 4.72 Å². The highest BCUT2D eigenvalue weighted by Gasteiger charge is 2.18. The number of hydrogen-bond donors (Lipinski definition) is 2. The van der Waals surface area contributed by atoms with Crippen LogP contribution in [0.5, 0.6) is 0 Å². The van der Waals surface area contributed by atoms with Gasteiger partial charge in [0.25, 0.3) is 10.0 Å². The topological polar surface area (TPSA) is 101 Å². The maximum atomic E-state index is 12.0. The van der Waals surface area contributed by atoms with Crippen molar-refractivity contribution in [2.24, 2.45) is 7.05 Å². The molecule has 1 aromatic heterocycles. The van der Waals surface area contributed by atoms with E-state index in [2.05, 4.69) is 9.71 Å². The maximum absolute atomic E-state index is 12.0. The molecule has 0 spiro atoms. The third-order valence-electron chi connectivity index (χ3n) is 2.41. The number of anilines is 1. The van der Waals surface area contributed by atoms with Crippen LogP contribution in [-0.4, -0.2) is 29.0 Å². The minimum atomic E-state index is -3.83. The van der Waals surface area contributed by atoms with Crippen molar-refractivity contribution in [1.82, 2.24) is 9.55 Å². The molecule has 0 aliphatic heterocycles. The van der Waals surface area contributed by atoms with E-state index in [9.17, 15) is 13.2 Å². The summed E-state index contributed by atoms with van der Waals surface area (Å²) in [6, 6.07) is 3.77. The van der Waals surface area contributed by atoms with Gasteiger partial charge >= 0.3 is 5.97 Å². The summed E-state index contributed by atoms with van der Waals surface area (Å²) in [5, 5.41) is 8.64. The van der Waals surface area contributed by atoms with Crippen LogP contribution in [0.3, 0.4) is 0 Å². The Morgan fingerprint density at radius 3 is 2.65 bits per heavy atom. The SMILES string of the molecule is Cn1cnc(S(=O)(=O)Nc2ccc(C(=O)O)c(Cl)c2)c1. The Hall–Kier alpha value is -2.06. The third kappa shape index (κ3) is 2.91. The molecule has 9 heteroatoms. The number of aryl methyl sites for hydroxylation is 1. The van der Waals surface area contributed by atoms with E-state index in [1.807, 2.05) is 0 Å². The molecule has 0 bridgehead atoms. The molecule has 1 aromatic carbocycles. The Kier molecular flexibility index (Phi) is 3.69.